The molecular formula is C16H8Cl2N2O2S. The quantitative estimate of drug-likeness (QED) is 0.501. The van der Waals surface area contributed by atoms with Gasteiger partial charge in [0.15, 0.2) is 0 Å². The highest BCUT2D eigenvalue weighted by molar-refractivity contribution is 7.23. The second-order valence-electron chi connectivity index (χ2n) is 4.82. The van der Waals surface area contributed by atoms with Crippen LogP contribution in [-0.4, -0.2) is 15.3 Å². The summed E-state index contributed by atoms with van der Waals surface area (Å²) in [7, 11) is 0. The number of aromatic hydroxyl groups is 1. The van der Waals surface area contributed by atoms with Gasteiger partial charge in [-0.3, -0.25) is 0 Å². The minimum absolute atomic E-state index is 0.0805. The van der Waals surface area contributed by atoms with Crippen molar-refractivity contribution in [2.45, 2.75) is 0 Å². The third-order valence-electron chi connectivity index (χ3n) is 3.34. The van der Waals surface area contributed by atoms with Gasteiger partial charge in [-0.05, 0) is 30.3 Å². The maximum Gasteiger partial charge on any atom is 0.259 e. The van der Waals surface area contributed by atoms with Gasteiger partial charge >= 0.3 is 0 Å². The Labute approximate surface area is 144 Å². The van der Waals surface area contributed by atoms with E-state index in [-0.39, 0.29) is 11.6 Å². The highest BCUT2D eigenvalue weighted by Gasteiger charge is 2.19. The Morgan fingerprint density at radius 3 is 2.61 bits per heavy atom. The van der Waals surface area contributed by atoms with E-state index in [4.69, 9.17) is 27.6 Å². The molecular weight excluding hydrogens is 355 g/mol. The molecule has 1 N–H and O–H groups in total. The molecule has 7 heteroatoms. The average molecular weight is 363 g/mol. The van der Waals surface area contributed by atoms with E-state index in [2.05, 4.69) is 10.2 Å². The van der Waals surface area contributed by atoms with Crippen LogP contribution in [0.3, 0.4) is 0 Å². The van der Waals surface area contributed by atoms with Crippen molar-refractivity contribution >= 4 is 44.6 Å². The maximum absolute atomic E-state index is 9.88. The molecule has 0 atom stereocenters. The summed E-state index contributed by atoms with van der Waals surface area (Å²) in [6, 6.07) is 12.3. The Morgan fingerprint density at radius 2 is 1.78 bits per heavy atom. The molecule has 4 aromatic rings. The summed E-state index contributed by atoms with van der Waals surface area (Å²) in [6.07, 6.45) is 0. The van der Waals surface area contributed by atoms with Crippen LogP contribution in [0.15, 0.2) is 46.9 Å². The molecule has 0 saturated heterocycles. The van der Waals surface area contributed by atoms with Crippen LogP contribution in [0.4, 0.5) is 0 Å². The van der Waals surface area contributed by atoms with E-state index in [9.17, 15) is 5.11 Å². The van der Waals surface area contributed by atoms with Crippen LogP contribution >= 0.6 is 34.5 Å². The lowest BCUT2D eigenvalue weighted by Crippen LogP contribution is -1.78. The molecule has 0 aliphatic heterocycles. The number of aromatic nitrogens is 2. The Hall–Kier alpha value is -2.08. The number of phenolic OH excluding ortho intramolecular Hbond substituents is 1. The van der Waals surface area contributed by atoms with Crippen molar-refractivity contribution in [3.05, 3.63) is 52.5 Å². The first-order valence-electron chi connectivity index (χ1n) is 6.63. The van der Waals surface area contributed by atoms with Gasteiger partial charge < -0.3 is 9.52 Å². The van der Waals surface area contributed by atoms with Crippen LogP contribution in [0, 0.1) is 0 Å². The number of halogens is 2. The summed E-state index contributed by atoms with van der Waals surface area (Å²) in [5.74, 6) is 0.632. The second kappa shape index (κ2) is 5.53. The number of thiophene rings is 1. The molecule has 0 aliphatic rings. The zero-order chi connectivity index (χ0) is 16.0. The van der Waals surface area contributed by atoms with Gasteiger partial charge in [0.25, 0.3) is 11.8 Å². The van der Waals surface area contributed by atoms with Gasteiger partial charge in [-0.1, -0.05) is 35.3 Å². The Balaban J connectivity index is 1.84. The number of para-hydroxylation sites is 1. The maximum atomic E-state index is 9.88. The Bertz CT molecular complexity index is 1030. The molecule has 2 aromatic carbocycles. The molecule has 0 saturated carbocycles. The number of hydrogen-bond acceptors (Lipinski definition) is 5. The van der Waals surface area contributed by atoms with E-state index in [0.29, 0.717) is 26.4 Å². The summed E-state index contributed by atoms with van der Waals surface area (Å²) in [4.78, 5) is 0.679. The minimum atomic E-state index is 0.0805. The molecule has 2 aromatic heterocycles. The fourth-order valence-electron chi connectivity index (χ4n) is 2.26. The van der Waals surface area contributed by atoms with E-state index >= 15 is 0 Å². The topological polar surface area (TPSA) is 59.2 Å². The van der Waals surface area contributed by atoms with Crippen molar-refractivity contribution in [3.8, 4) is 28.0 Å². The van der Waals surface area contributed by atoms with Crippen LogP contribution in [0.25, 0.3) is 32.3 Å². The van der Waals surface area contributed by atoms with Crippen LogP contribution < -0.4 is 0 Å². The van der Waals surface area contributed by atoms with E-state index < -0.39 is 0 Å². The van der Waals surface area contributed by atoms with Crippen molar-refractivity contribution in [2.75, 3.05) is 0 Å². The summed E-state index contributed by atoms with van der Waals surface area (Å²) < 4.78 is 6.67. The van der Waals surface area contributed by atoms with Crippen molar-refractivity contribution in [2.24, 2.45) is 0 Å². The zero-order valence-corrected chi connectivity index (χ0v) is 13.8. The van der Waals surface area contributed by atoms with Crippen molar-refractivity contribution in [3.63, 3.8) is 0 Å². The van der Waals surface area contributed by atoms with Gasteiger partial charge in [0.1, 0.15) is 10.6 Å². The smallest absolute Gasteiger partial charge is 0.259 e. The molecule has 2 heterocycles. The first-order valence-corrected chi connectivity index (χ1v) is 8.20. The fraction of sp³-hybridized carbons (Fsp3) is 0. The zero-order valence-electron chi connectivity index (χ0n) is 11.5. The third-order valence-corrected chi connectivity index (χ3v) is 5.24. The van der Waals surface area contributed by atoms with Gasteiger partial charge in [0, 0.05) is 15.1 Å². The highest BCUT2D eigenvalue weighted by Crippen LogP contribution is 2.43. The summed E-state index contributed by atoms with van der Waals surface area (Å²) in [5.41, 5.74) is 0.478. The fourth-order valence-corrected chi connectivity index (χ4v) is 3.83. The van der Waals surface area contributed by atoms with Gasteiger partial charge in [-0.15, -0.1) is 21.5 Å². The number of nitrogens with zero attached hydrogens (tertiary/aromatic N) is 2. The normalized spacial score (nSPS) is 11.2. The van der Waals surface area contributed by atoms with Crippen LogP contribution in [0.1, 0.15) is 0 Å². The van der Waals surface area contributed by atoms with Crippen LogP contribution in [0.2, 0.25) is 10.0 Å². The molecule has 0 bridgehead atoms. The molecule has 0 radical (unpaired) electrons. The molecule has 4 rings (SSSR count). The molecule has 0 spiro atoms. The van der Waals surface area contributed by atoms with Crippen molar-refractivity contribution in [1.29, 1.82) is 0 Å². The summed E-state index contributed by atoms with van der Waals surface area (Å²) >= 11 is 13.9. The largest absolute Gasteiger partial charge is 0.507 e. The minimum Gasteiger partial charge on any atom is -0.507 e. The highest BCUT2D eigenvalue weighted by atomic mass is 35.5. The number of phenols is 1. The molecule has 4 nitrogen and oxygen atoms in total. The SMILES string of the molecule is Oc1ccccc1-c1nnc(-c2sc3ccc(Cl)cc3c2Cl)o1. The number of hydrogen-bond donors (Lipinski definition) is 1. The first-order chi connectivity index (χ1) is 11.1. The first kappa shape index (κ1) is 14.5. The lowest BCUT2D eigenvalue weighted by Gasteiger charge is -1.97. The molecule has 0 unspecified atom stereocenters. The predicted molar refractivity (Wildman–Crippen MR) is 92.2 cm³/mol. The molecule has 0 amide bonds. The molecule has 0 fully saturated rings. The van der Waals surface area contributed by atoms with Gasteiger partial charge in [-0.25, -0.2) is 0 Å². The second-order valence-corrected chi connectivity index (χ2v) is 6.68. The summed E-state index contributed by atoms with van der Waals surface area (Å²) in [5, 5.41) is 19.9. The molecule has 114 valence electrons. The number of benzene rings is 2. The van der Waals surface area contributed by atoms with E-state index in [1.165, 1.54) is 11.3 Å². The Kier molecular flexibility index (Phi) is 3.49. The summed E-state index contributed by atoms with van der Waals surface area (Å²) in [6.45, 7) is 0. The van der Waals surface area contributed by atoms with Crippen LogP contribution in [0.5, 0.6) is 5.75 Å². The van der Waals surface area contributed by atoms with Gasteiger partial charge in [0.2, 0.25) is 0 Å². The molecule has 0 aliphatic carbocycles. The monoisotopic (exact) mass is 362 g/mol. The van der Waals surface area contributed by atoms with E-state index in [0.717, 1.165) is 10.1 Å². The standard InChI is InChI=1S/C16H8Cl2N2O2S/c17-8-5-6-12-10(7-8)13(18)14(23-12)16-20-19-15(22-16)9-3-1-2-4-11(9)21/h1-7,21H. The van der Waals surface area contributed by atoms with E-state index in [1.54, 1.807) is 30.3 Å². The average Bonchev–Trinajstić information content (AvgIpc) is 3.13. The van der Waals surface area contributed by atoms with Crippen molar-refractivity contribution in [1.82, 2.24) is 10.2 Å². The van der Waals surface area contributed by atoms with Gasteiger partial charge in [-0.2, -0.15) is 0 Å². The molecule has 23 heavy (non-hydrogen) atoms. The number of fused-ring (bicyclic) bond motifs is 1. The lowest BCUT2D eigenvalue weighted by atomic mass is 10.2. The predicted octanol–water partition coefficient (Wildman–Crippen LogP) is 5.63. The van der Waals surface area contributed by atoms with Crippen LogP contribution in [-0.2, 0) is 0 Å². The van der Waals surface area contributed by atoms with Crippen molar-refractivity contribution < 1.29 is 9.52 Å². The number of rotatable bonds is 2. The third kappa shape index (κ3) is 2.47. The van der Waals surface area contributed by atoms with E-state index in [1.807, 2.05) is 12.1 Å². The van der Waals surface area contributed by atoms with Gasteiger partial charge in [0.05, 0.1) is 10.6 Å². The Morgan fingerprint density at radius 1 is 1.00 bits per heavy atom. The lowest BCUT2D eigenvalue weighted by molar-refractivity contribution is 0.473.